The maximum absolute atomic E-state index is 12.8. The molecule has 0 radical (unpaired) electrons. The molecule has 0 spiro atoms. The van der Waals surface area contributed by atoms with E-state index in [2.05, 4.69) is 20.8 Å². The number of nitrogens with zero attached hydrogens (tertiary/aromatic N) is 2. The molecule has 1 saturated carbocycles. The highest BCUT2D eigenvalue weighted by atomic mass is 16.6. The van der Waals surface area contributed by atoms with Crippen molar-refractivity contribution >= 4 is 17.7 Å². The standard InChI is InChI=1S/C20H26N4O4/c1-13-21-17(24-28-13)20(11-5-6-12-20)23-16(25)14-7-9-15(10-8-14)22-18(26)27-19(2,3)4/h7-10H,5-6,11-12H2,1-4H3,(H,22,26)(H,23,25). The summed E-state index contributed by atoms with van der Waals surface area (Å²) in [5, 5.41) is 9.77. The van der Waals surface area contributed by atoms with Crippen LogP contribution in [0, 0.1) is 6.92 Å². The summed E-state index contributed by atoms with van der Waals surface area (Å²) in [5.41, 5.74) is -0.133. The molecule has 8 nitrogen and oxygen atoms in total. The molecular formula is C20H26N4O4. The minimum Gasteiger partial charge on any atom is -0.444 e. The van der Waals surface area contributed by atoms with Crippen LogP contribution in [0.3, 0.4) is 0 Å². The van der Waals surface area contributed by atoms with Crippen LogP contribution in [0.15, 0.2) is 28.8 Å². The Balaban J connectivity index is 1.68. The molecule has 0 saturated heterocycles. The number of carbonyl (C=O) groups is 2. The van der Waals surface area contributed by atoms with E-state index in [1.165, 1.54) is 0 Å². The first-order valence-corrected chi connectivity index (χ1v) is 9.40. The number of ether oxygens (including phenoxy) is 1. The van der Waals surface area contributed by atoms with Gasteiger partial charge in [-0.05, 0) is 57.9 Å². The number of hydrogen-bond acceptors (Lipinski definition) is 6. The number of aryl methyl sites for hydroxylation is 1. The van der Waals surface area contributed by atoms with Crippen molar-refractivity contribution in [2.24, 2.45) is 0 Å². The minimum atomic E-state index is -0.595. The lowest BCUT2D eigenvalue weighted by Crippen LogP contribution is -2.44. The van der Waals surface area contributed by atoms with E-state index in [4.69, 9.17) is 9.26 Å². The Kier molecular flexibility index (Phi) is 5.40. The van der Waals surface area contributed by atoms with Gasteiger partial charge in [0.2, 0.25) is 5.89 Å². The Hall–Kier alpha value is -2.90. The number of carbonyl (C=O) groups excluding carboxylic acids is 2. The van der Waals surface area contributed by atoms with E-state index in [0.29, 0.717) is 23.0 Å². The van der Waals surface area contributed by atoms with Gasteiger partial charge in [0.05, 0.1) is 0 Å². The van der Waals surface area contributed by atoms with Gasteiger partial charge in [-0.1, -0.05) is 18.0 Å². The van der Waals surface area contributed by atoms with E-state index in [1.807, 2.05) is 0 Å². The zero-order valence-electron chi connectivity index (χ0n) is 16.7. The van der Waals surface area contributed by atoms with Gasteiger partial charge in [-0.25, -0.2) is 4.79 Å². The van der Waals surface area contributed by atoms with Gasteiger partial charge in [-0.3, -0.25) is 10.1 Å². The third kappa shape index (κ3) is 4.68. The normalized spacial score (nSPS) is 15.9. The average Bonchev–Trinajstić information content (AvgIpc) is 3.23. The quantitative estimate of drug-likeness (QED) is 0.825. The van der Waals surface area contributed by atoms with E-state index >= 15 is 0 Å². The van der Waals surface area contributed by atoms with Crippen LogP contribution < -0.4 is 10.6 Å². The van der Waals surface area contributed by atoms with Gasteiger partial charge in [0.25, 0.3) is 5.91 Å². The second kappa shape index (κ2) is 7.61. The maximum Gasteiger partial charge on any atom is 0.412 e. The summed E-state index contributed by atoms with van der Waals surface area (Å²) in [6, 6.07) is 6.65. The molecule has 3 rings (SSSR count). The number of hydrogen-bond donors (Lipinski definition) is 2. The van der Waals surface area contributed by atoms with Crippen molar-refractivity contribution in [2.45, 2.75) is 64.5 Å². The number of benzene rings is 1. The highest BCUT2D eigenvalue weighted by Gasteiger charge is 2.41. The van der Waals surface area contributed by atoms with Crippen molar-refractivity contribution in [1.29, 1.82) is 0 Å². The van der Waals surface area contributed by atoms with E-state index in [-0.39, 0.29) is 5.91 Å². The highest BCUT2D eigenvalue weighted by molar-refractivity contribution is 5.95. The van der Waals surface area contributed by atoms with Gasteiger partial charge in [-0.15, -0.1) is 0 Å². The van der Waals surface area contributed by atoms with Crippen LogP contribution in [0.2, 0.25) is 0 Å². The fourth-order valence-electron chi connectivity index (χ4n) is 3.29. The van der Waals surface area contributed by atoms with Crippen molar-refractivity contribution in [3.63, 3.8) is 0 Å². The van der Waals surface area contributed by atoms with Crippen LogP contribution in [-0.2, 0) is 10.3 Å². The van der Waals surface area contributed by atoms with Gasteiger partial charge in [-0.2, -0.15) is 4.98 Å². The number of amides is 2. The molecule has 2 N–H and O–H groups in total. The van der Waals surface area contributed by atoms with Crippen LogP contribution in [0.4, 0.5) is 10.5 Å². The zero-order chi connectivity index (χ0) is 20.4. The number of anilines is 1. The molecule has 1 aromatic carbocycles. The lowest BCUT2D eigenvalue weighted by Gasteiger charge is -2.26. The predicted molar refractivity (Wildman–Crippen MR) is 103 cm³/mol. The number of nitrogens with one attached hydrogen (secondary N) is 2. The largest absolute Gasteiger partial charge is 0.444 e. The van der Waals surface area contributed by atoms with Crippen LogP contribution in [0.25, 0.3) is 0 Å². The maximum atomic E-state index is 12.8. The summed E-state index contributed by atoms with van der Waals surface area (Å²) >= 11 is 0. The van der Waals surface area contributed by atoms with Crippen molar-refractivity contribution in [3.8, 4) is 0 Å². The molecular weight excluding hydrogens is 360 g/mol. The predicted octanol–water partition coefficient (Wildman–Crippen LogP) is 3.92. The van der Waals surface area contributed by atoms with Crippen LogP contribution in [0.1, 0.15) is 68.5 Å². The molecule has 1 aromatic heterocycles. The molecule has 150 valence electrons. The zero-order valence-corrected chi connectivity index (χ0v) is 16.7. The van der Waals surface area contributed by atoms with E-state index < -0.39 is 17.2 Å². The average molecular weight is 386 g/mol. The second-order valence-electron chi connectivity index (χ2n) is 8.08. The van der Waals surface area contributed by atoms with Gasteiger partial charge in [0, 0.05) is 18.2 Å². The molecule has 2 amide bonds. The van der Waals surface area contributed by atoms with Crippen molar-refractivity contribution in [3.05, 3.63) is 41.5 Å². The first kappa shape index (κ1) is 19.9. The molecule has 0 bridgehead atoms. The Morgan fingerprint density at radius 3 is 2.32 bits per heavy atom. The Morgan fingerprint density at radius 1 is 1.14 bits per heavy atom. The van der Waals surface area contributed by atoms with Crippen molar-refractivity contribution in [1.82, 2.24) is 15.5 Å². The fourth-order valence-corrected chi connectivity index (χ4v) is 3.29. The molecule has 0 aliphatic heterocycles. The molecule has 2 aromatic rings. The smallest absolute Gasteiger partial charge is 0.412 e. The fraction of sp³-hybridized carbons (Fsp3) is 0.500. The number of rotatable bonds is 4. The summed E-state index contributed by atoms with van der Waals surface area (Å²) in [5.74, 6) is 0.792. The molecule has 1 aliphatic rings. The third-order valence-electron chi connectivity index (χ3n) is 4.56. The minimum absolute atomic E-state index is 0.215. The van der Waals surface area contributed by atoms with Crippen LogP contribution in [0.5, 0.6) is 0 Å². The Morgan fingerprint density at radius 2 is 1.79 bits per heavy atom. The molecule has 28 heavy (non-hydrogen) atoms. The third-order valence-corrected chi connectivity index (χ3v) is 4.56. The molecule has 0 atom stereocenters. The van der Waals surface area contributed by atoms with E-state index in [0.717, 1.165) is 25.7 Å². The molecule has 1 aliphatic carbocycles. The van der Waals surface area contributed by atoms with E-state index in [9.17, 15) is 9.59 Å². The monoisotopic (exact) mass is 386 g/mol. The molecule has 1 fully saturated rings. The topological polar surface area (TPSA) is 106 Å². The lowest BCUT2D eigenvalue weighted by atomic mass is 9.96. The SMILES string of the molecule is Cc1nc(C2(NC(=O)c3ccc(NC(=O)OC(C)(C)C)cc3)CCCC2)no1. The highest BCUT2D eigenvalue weighted by Crippen LogP contribution is 2.37. The van der Waals surface area contributed by atoms with Gasteiger partial charge < -0.3 is 14.6 Å². The first-order valence-electron chi connectivity index (χ1n) is 9.40. The molecule has 1 heterocycles. The van der Waals surface area contributed by atoms with E-state index in [1.54, 1.807) is 52.0 Å². The molecule has 8 heteroatoms. The lowest BCUT2D eigenvalue weighted by molar-refractivity contribution is 0.0635. The summed E-state index contributed by atoms with van der Waals surface area (Å²) in [7, 11) is 0. The summed E-state index contributed by atoms with van der Waals surface area (Å²) in [4.78, 5) is 29.0. The summed E-state index contributed by atoms with van der Waals surface area (Å²) < 4.78 is 10.3. The van der Waals surface area contributed by atoms with Gasteiger partial charge in [0.1, 0.15) is 11.1 Å². The van der Waals surface area contributed by atoms with Gasteiger partial charge in [0.15, 0.2) is 5.82 Å². The van der Waals surface area contributed by atoms with Crippen LogP contribution in [-0.4, -0.2) is 27.7 Å². The molecule has 0 unspecified atom stereocenters. The number of aromatic nitrogens is 2. The Labute approximate surface area is 164 Å². The first-order chi connectivity index (χ1) is 13.2. The summed E-state index contributed by atoms with van der Waals surface area (Å²) in [6.07, 6.45) is 2.99. The van der Waals surface area contributed by atoms with Crippen molar-refractivity contribution < 1.29 is 18.8 Å². The Bertz CT molecular complexity index is 846. The summed E-state index contributed by atoms with van der Waals surface area (Å²) in [6.45, 7) is 7.12. The second-order valence-corrected chi connectivity index (χ2v) is 8.08. The van der Waals surface area contributed by atoms with Crippen molar-refractivity contribution in [2.75, 3.05) is 5.32 Å². The van der Waals surface area contributed by atoms with Crippen LogP contribution >= 0.6 is 0 Å². The van der Waals surface area contributed by atoms with Gasteiger partial charge >= 0.3 is 6.09 Å².